The molecular formula is C15H12BrIN2O. The molecule has 0 spiro atoms. The maximum absolute atomic E-state index is 11.9. The van der Waals surface area contributed by atoms with Gasteiger partial charge in [0.25, 0.3) is 5.91 Å². The summed E-state index contributed by atoms with van der Waals surface area (Å²) in [7, 11) is 0. The number of nitrogens with one attached hydrogen (secondary N) is 1. The number of hydrogen-bond donors (Lipinski definition) is 1. The average molecular weight is 443 g/mol. The topological polar surface area (TPSA) is 41.5 Å². The normalized spacial score (nSPS) is 11.2. The largest absolute Gasteiger partial charge is 0.271 e. The molecule has 2 aromatic rings. The van der Waals surface area contributed by atoms with Gasteiger partial charge in [0.05, 0.1) is 5.71 Å². The van der Waals surface area contributed by atoms with Gasteiger partial charge in [0.2, 0.25) is 0 Å². The fourth-order valence-electron chi connectivity index (χ4n) is 1.56. The number of halogens is 2. The van der Waals surface area contributed by atoms with Crippen molar-refractivity contribution >= 4 is 50.1 Å². The maximum Gasteiger partial charge on any atom is 0.271 e. The van der Waals surface area contributed by atoms with Crippen LogP contribution in [0.15, 0.2) is 58.1 Å². The highest BCUT2D eigenvalue weighted by Crippen LogP contribution is 2.11. The molecular weight excluding hydrogens is 431 g/mol. The smallest absolute Gasteiger partial charge is 0.267 e. The van der Waals surface area contributed by atoms with E-state index in [1.54, 1.807) is 12.1 Å². The lowest BCUT2D eigenvalue weighted by Crippen LogP contribution is -2.19. The molecule has 0 aliphatic carbocycles. The summed E-state index contributed by atoms with van der Waals surface area (Å²) >= 11 is 5.58. The van der Waals surface area contributed by atoms with Gasteiger partial charge in [0.1, 0.15) is 0 Å². The Kier molecular flexibility index (Phi) is 5.31. The summed E-state index contributed by atoms with van der Waals surface area (Å²) in [5.74, 6) is -0.210. The van der Waals surface area contributed by atoms with Gasteiger partial charge in [-0.1, -0.05) is 28.1 Å². The first kappa shape index (κ1) is 15.2. The number of hydrazone groups is 1. The molecule has 5 heteroatoms. The number of rotatable bonds is 3. The van der Waals surface area contributed by atoms with Crippen molar-refractivity contribution in [3.63, 3.8) is 0 Å². The summed E-state index contributed by atoms with van der Waals surface area (Å²) in [6.07, 6.45) is 0. The first-order valence-electron chi connectivity index (χ1n) is 5.92. The van der Waals surface area contributed by atoms with Crippen molar-refractivity contribution < 1.29 is 4.79 Å². The van der Waals surface area contributed by atoms with Crippen molar-refractivity contribution in [3.8, 4) is 0 Å². The molecule has 102 valence electrons. The third-order valence-corrected chi connectivity index (χ3v) is 3.94. The van der Waals surface area contributed by atoms with E-state index >= 15 is 0 Å². The molecule has 0 radical (unpaired) electrons. The third-order valence-electron chi connectivity index (χ3n) is 2.69. The summed E-state index contributed by atoms with van der Waals surface area (Å²) in [6.45, 7) is 1.86. The van der Waals surface area contributed by atoms with Crippen LogP contribution in [0.2, 0.25) is 0 Å². The van der Waals surface area contributed by atoms with Crippen LogP contribution in [-0.2, 0) is 0 Å². The summed E-state index contributed by atoms with van der Waals surface area (Å²) in [5.41, 5.74) is 4.89. The summed E-state index contributed by atoms with van der Waals surface area (Å²) in [6, 6.07) is 15.1. The highest BCUT2D eigenvalue weighted by Gasteiger charge is 2.04. The molecule has 0 saturated carbocycles. The van der Waals surface area contributed by atoms with Crippen LogP contribution in [-0.4, -0.2) is 11.6 Å². The van der Waals surface area contributed by atoms with Gasteiger partial charge in [0.15, 0.2) is 0 Å². The molecule has 0 atom stereocenters. The van der Waals surface area contributed by atoms with Gasteiger partial charge in [-0.15, -0.1) is 0 Å². The molecule has 0 saturated heterocycles. The van der Waals surface area contributed by atoms with E-state index in [4.69, 9.17) is 0 Å². The van der Waals surface area contributed by atoms with E-state index in [0.29, 0.717) is 5.56 Å². The monoisotopic (exact) mass is 442 g/mol. The van der Waals surface area contributed by atoms with Crippen molar-refractivity contribution in [1.29, 1.82) is 0 Å². The van der Waals surface area contributed by atoms with Crippen LogP contribution in [0.1, 0.15) is 22.8 Å². The predicted molar refractivity (Wildman–Crippen MR) is 93.0 cm³/mol. The molecule has 1 N–H and O–H groups in total. The van der Waals surface area contributed by atoms with Gasteiger partial charge in [0, 0.05) is 13.6 Å². The maximum atomic E-state index is 11.9. The predicted octanol–water partition coefficient (Wildman–Crippen LogP) is 4.21. The van der Waals surface area contributed by atoms with Crippen LogP contribution in [0.4, 0.5) is 0 Å². The van der Waals surface area contributed by atoms with Crippen molar-refractivity contribution in [3.05, 3.63) is 67.7 Å². The van der Waals surface area contributed by atoms with Crippen LogP contribution in [0.3, 0.4) is 0 Å². The second-order valence-electron chi connectivity index (χ2n) is 4.15. The number of carbonyl (C=O) groups is 1. The molecule has 0 aliphatic heterocycles. The lowest BCUT2D eigenvalue weighted by Gasteiger charge is -2.03. The lowest BCUT2D eigenvalue weighted by molar-refractivity contribution is 0.0955. The number of amides is 1. The lowest BCUT2D eigenvalue weighted by atomic mass is 10.1. The van der Waals surface area contributed by atoms with E-state index in [1.165, 1.54) is 0 Å². The quantitative estimate of drug-likeness (QED) is 0.432. The number of benzene rings is 2. The third kappa shape index (κ3) is 4.14. The minimum absolute atomic E-state index is 0.210. The Morgan fingerprint density at radius 1 is 1.05 bits per heavy atom. The second kappa shape index (κ2) is 6.99. The molecule has 2 aromatic carbocycles. The Hall–Kier alpha value is -1.21. The van der Waals surface area contributed by atoms with Crippen molar-refractivity contribution in [1.82, 2.24) is 5.43 Å². The molecule has 2 rings (SSSR count). The number of carbonyl (C=O) groups excluding carboxylic acids is 1. The van der Waals surface area contributed by atoms with Crippen LogP contribution >= 0.6 is 38.5 Å². The van der Waals surface area contributed by atoms with Crippen LogP contribution in [0.25, 0.3) is 0 Å². The fraction of sp³-hybridized carbons (Fsp3) is 0.0667. The molecule has 20 heavy (non-hydrogen) atoms. The van der Waals surface area contributed by atoms with E-state index in [-0.39, 0.29) is 5.91 Å². The second-order valence-corrected chi connectivity index (χ2v) is 6.31. The number of nitrogens with zero attached hydrogens (tertiary/aromatic N) is 1. The Balaban J connectivity index is 2.06. The highest BCUT2D eigenvalue weighted by atomic mass is 127. The van der Waals surface area contributed by atoms with Gasteiger partial charge in [-0.3, -0.25) is 4.79 Å². The van der Waals surface area contributed by atoms with E-state index in [2.05, 4.69) is 49.0 Å². The van der Waals surface area contributed by atoms with Gasteiger partial charge in [-0.25, -0.2) is 5.43 Å². The Morgan fingerprint density at radius 3 is 2.20 bits per heavy atom. The fourth-order valence-corrected chi connectivity index (χ4v) is 2.18. The van der Waals surface area contributed by atoms with Crippen LogP contribution in [0, 0.1) is 3.57 Å². The summed E-state index contributed by atoms with van der Waals surface area (Å²) in [4.78, 5) is 11.9. The van der Waals surface area contributed by atoms with Crippen LogP contribution in [0.5, 0.6) is 0 Å². The zero-order chi connectivity index (χ0) is 14.5. The van der Waals surface area contributed by atoms with E-state index < -0.39 is 0 Å². The van der Waals surface area contributed by atoms with Crippen molar-refractivity contribution in [2.24, 2.45) is 5.10 Å². The van der Waals surface area contributed by atoms with E-state index in [1.807, 2.05) is 43.3 Å². The van der Waals surface area contributed by atoms with E-state index in [9.17, 15) is 4.79 Å². The van der Waals surface area contributed by atoms with Gasteiger partial charge in [-0.2, -0.15) is 5.10 Å². The zero-order valence-electron chi connectivity index (χ0n) is 10.7. The van der Waals surface area contributed by atoms with Crippen molar-refractivity contribution in [2.45, 2.75) is 6.92 Å². The van der Waals surface area contributed by atoms with Gasteiger partial charge in [-0.05, 0) is 71.5 Å². The molecule has 0 aliphatic rings. The minimum atomic E-state index is -0.210. The molecule has 0 heterocycles. The van der Waals surface area contributed by atoms with Gasteiger partial charge < -0.3 is 0 Å². The number of hydrogen-bond acceptors (Lipinski definition) is 2. The summed E-state index contributed by atoms with van der Waals surface area (Å²) in [5, 5.41) is 4.12. The Bertz CT molecular complexity index is 636. The standard InChI is InChI=1S/C15H12BrIN2O/c1-10(11-2-6-13(16)7-3-11)18-19-15(20)12-4-8-14(17)9-5-12/h2-9H,1H3,(H,19,20)/b18-10-. The first-order valence-corrected chi connectivity index (χ1v) is 7.79. The van der Waals surface area contributed by atoms with E-state index in [0.717, 1.165) is 19.3 Å². The highest BCUT2D eigenvalue weighted by molar-refractivity contribution is 14.1. The molecule has 3 nitrogen and oxygen atoms in total. The minimum Gasteiger partial charge on any atom is -0.267 e. The van der Waals surface area contributed by atoms with Gasteiger partial charge >= 0.3 is 0 Å². The molecule has 0 fully saturated rings. The average Bonchev–Trinajstić information content (AvgIpc) is 2.46. The Labute approximate surface area is 139 Å². The molecule has 0 aromatic heterocycles. The Morgan fingerprint density at radius 2 is 1.60 bits per heavy atom. The van der Waals surface area contributed by atoms with Crippen molar-refractivity contribution in [2.75, 3.05) is 0 Å². The van der Waals surface area contributed by atoms with Crippen LogP contribution < -0.4 is 5.43 Å². The summed E-state index contributed by atoms with van der Waals surface area (Å²) < 4.78 is 2.10. The molecule has 0 bridgehead atoms. The molecule has 0 unspecified atom stereocenters. The zero-order valence-corrected chi connectivity index (χ0v) is 14.5. The SMILES string of the molecule is C/C(=N/NC(=O)c1ccc(I)cc1)c1ccc(Br)cc1. The molecule has 1 amide bonds. The first-order chi connectivity index (χ1) is 9.56.